The number of aryl methyl sites for hydroxylation is 1. The topological polar surface area (TPSA) is 128 Å². The van der Waals surface area contributed by atoms with Crippen LogP contribution in [0.15, 0.2) is 114 Å². The molecule has 46 heavy (non-hydrogen) atoms. The van der Waals surface area contributed by atoms with E-state index in [0.29, 0.717) is 23.5 Å². The van der Waals surface area contributed by atoms with E-state index >= 15 is 0 Å². The fourth-order valence-corrected chi connectivity index (χ4v) is 5.65. The molecule has 1 N–H and O–H groups in total. The summed E-state index contributed by atoms with van der Waals surface area (Å²) in [6.07, 6.45) is 3.01. The van der Waals surface area contributed by atoms with Crippen LogP contribution in [0.5, 0.6) is 17.2 Å². The minimum Gasteiger partial charge on any atom is -0.493 e. The Morgan fingerprint density at radius 2 is 1.61 bits per heavy atom. The molecule has 1 aliphatic rings. The van der Waals surface area contributed by atoms with Crippen LogP contribution in [0.3, 0.4) is 0 Å². The van der Waals surface area contributed by atoms with E-state index in [4.69, 9.17) is 13.7 Å². The van der Waals surface area contributed by atoms with Crippen molar-refractivity contribution in [3.63, 3.8) is 0 Å². The van der Waals surface area contributed by atoms with Gasteiger partial charge in [0.2, 0.25) is 0 Å². The van der Waals surface area contributed by atoms with Gasteiger partial charge in [-0.1, -0.05) is 54.1 Å². The summed E-state index contributed by atoms with van der Waals surface area (Å²) in [7, 11) is -2.89. The molecule has 1 heterocycles. The quantitative estimate of drug-likeness (QED) is 0.0953. The first-order valence-electron chi connectivity index (χ1n) is 14.1. The molecule has 11 heteroatoms. The Morgan fingerprint density at radius 3 is 2.26 bits per heavy atom. The molecular weight excluding hydrogens is 608 g/mol. The average molecular weight is 639 g/mol. The summed E-state index contributed by atoms with van der Waals surface area (Å²) in [5.74, 6) is -1.22. The van der Waals surface area contributed by atoms with Crippen LogP contribution in [0.1, 0.15) is 22.3 Å². The molecule has 0 aromatic heterocycles. The number of nitrogens with one attached hydrogen (secondary N) is 1. The molecule has 0 atom stereocenters. The monoisotopic (exact) mass is 638 g/mol. The highest BCUT2D eigenvalue weighted by molar-refractivity contribution is 7.87. The second-order valence-electron chi connectivity index (χ2n) is 10.3. The number of amides is 4. The van der Waals surface area contributed by atoms with Crippen LogP contribution in [-0.2, 0) is 32.7 Å². The van der Waals surface area contributed by atoms with Gasteiger partial charge in [-0.2, -0.15) is 8.42 Å². The Labute approximate surface area is 266 Å². The molecule has 4 aromatic carbocycles. The van der Waals surface area contributed by atoms with Gasteiger partial charge in [0.25, 0.3) is 11.8 Å². The van der Waals surface area contributed by atoms with Crippen molar-refractivity contribution in [2.45, 2.75) is 24.8 Å². The molecular formula is C35H30N2O8S. The summed E-state index contributed by atoms with van der Waals surface area (Å²) >= 11 is 0. The molecule has 0 saturated carbocycles. The SMILES string of the molecule is C=CCc1cc(/C=C2\C(=O)NC(=O)N(c3ccc(OCc4ccccc4)cc3)C2=O)cc(OC)c1OS(=O)(=O)c1ccc(C)cc1. The van der Waals surface area contributed by atoms with Crippen molar-refractivity contribution in [1.29, 1.82) is 0 Å². The van der Waals surface area contributed by atoms with Crippen LogP contribution < -0.4 is 23.9 Å². The van der Waals surface area contributed by atoms with Gasteiger partial charge < -0.3 is 13.7 Å². The van der Waals surface area contributed by atoms with Crippen LogP contribution in [0.2, 0.25) is 0 Å². The maximum Gasteiger partial charge on any atom is 0.339 e. The van der Waals surface area contributed by atoms with Gasteiger partial charge in [-0.15, -0.1) is 6.58 Å². The molecule has 4 aromatic rings. The first-order valence-corrected chi connectivity index (χ1v) is 15.5. The molecule has 1 fully saturated rings. The van der Waals surface area contributed by atoms with E-state index in [2.05, 4.69) is 11.9 Å². The van der Waals surface area contributed by atoms with Crippen LogP contribution in [0.25, 0.3) is 6.08 Å². The summed E-state index contributed by atoms with van der Waals surface area (Å²) in [5.41, 5.74) is 2.46. The maximum absolute atomic E-state index is 13.5. The number of urea groups is 1. The van der Waals surface area contributed by atoms with Crippen LogP contribution >= 0.6 is 0 Å². The lowest BCUT2D eigenvalue weighted by molar-refractivity contribution is -0.122. The average Bonchev–Trinajstić information content (AvgIpc) is 3.04. The molecule has 0 radical (unpaired) electrons. The van der Waals surface area contributed by atoms with E-state index in [1.54, 1.807) is 36.4 Å². The minimum absolute atomic E-state index is 0.0408. The molecule has 4 amide bonds. The van der Waals surface area contributed by atoms with Gasteiger partial charge in [-0.3, -0.25) is 14.9 Å². The largest absolute Gasteiger partial charge is 0.493 e. The summed E-state index contributed by atoms with van der Waals surface area (Å²) in [5, 5.41) is 2.20. The number of methoxy groups -OCH3 is 1. The molecule has 234 valence electrons. The number of allylic oxidation sites excluding steroid dienone is 1. The minimum atomic E-state index is -4.23. The van der Waals surface area contributed by atoms with Crippen molar-refractivity contribution in [2.75, 3.05) is 12.0 Å². The van der Waals surface area contributed by atoms with Crippen molar-refractivity contribution in [2.24, 2.45) is 0 Å². The van der Waals surface area contributed by atoms with Crippen molar-refractivity contribution in [3.8, 4) is 17.2 Å². The number of rotatable bonds is 11. The highest BCUT2D eigenvalue weighted by atomic mass is 32.2. The van der Waals surface area contributed by atoms with Crippen molar-refractivity contribution >= 4 is 39.7 Å². The second kappa shape index (κ2) is 13.5. The number of carbonyl (C=O) groups is 3. The smallest absolute Gasteiger partial charge is 0.339 e. The van der Waals surface area contributed by atoms with Crippen LogP contribution in [-0.4, -0.2) is 33.4 Å². The molecule has 1 aliphatic heterocycles. The van der Waals surface area contributed by atoms with Gasteiger partial charge >= 0.3 is 16.1 Å². The normalized spacial score (nSPS) is 14.2. The number of hydrogen-bond donors (Lipinski definition) is 1. The zero-order chi connectivity index (χ0) is 32.8. The van der Waals surface area contributed by atoms with E-state index < -0.39 is 28.0 Å². The lowest BCUT2D eigenvalue weighted by Gasteiger charge is -2.26. The Balaban J connectivity index is 1.43. The van der Waals surface area contributed by atoms with Crippen LogP contribution in [0.4, 0.5) is 10.5 Å². The van der Waals surface area contributed by atoms with E-state index in [-0.39, 0.29) is 34.1 Å². The third-order valence-corrected chi connectivity index (χ3v) is 8.23. The van der Waals surface area contributed by atoms with Gasteiger partial charge in [0.15, 0.2) is 11.5 Å². The Hall–Kier alpha value is -5.68. The predicted molar refractivity (Wildman–Crippen MR) is 172 cm³/mol. The van der Waals surface area contributed by atoms with Crippen molar-refractivity contribution in [3.05, 3.63) is 131 Å². The Kier molecular flexibility index (Phi) is 9.34. The standard InChI is InChI=1S/C35H30N2O8S/c1-4-8-26-19-25(21-31(43-3)32(26)45-46(41,42)29-17-11-23(2)12-18-29)20-30-33(38)36-35(40)37(34(30)39)27-13-15-28(16-14-27)44-22-24-9-6-5-7-10-24/h4-7,9-21H,1,8,22H2,2-3H3,(H,36,38,40)/b30-20+. The summed E-state index contributed by atoms with van der Waals surface area (Å²) in [4.78, 5) is 40.0. The summed E-state index contributed by atoms with van der Waals surface area (Å²) in [6.45, 7) is 5.91. The van der Waals surface area contributed by atoms with Crippen molar-refractivity contribution in [1.82, 2.24) is 5.32 Å². The fraction of sp³-hybridized carbons (Fsp3) is 0.114. The predicted octanol–water partition coefficient (Wildman–Crippen LogP) is 5.75. The Bertz CT molecular complexity index is 1940. The molecule has 10 nitrogen and oxygen atoms in total. The van der Waals surface area contributed by atoms with Gasteiger partial charge in [0, 0.05) is 5.56 Å². The van der Waals surface area contributed by atoms with E-state index in [1.165, 1.54) is 43.5 Å². The number of benzene rings is 4. The number of hydrogen-bond acceptors (Lipinski definition) is 8. The molecule has 0 bridgehead atoms. The van der Waals surface area contributed by atoms with Crippen LogP contribution in [0, 0.1) is 6.92 Å². The number of barbiturate groups is 1. The lowest BCUT2D eigenvalue weighted by atomic mass is 10.0. The molecule has 5 rings (SSSR count). The number of anilines is 1. The van der Waals surface area contributed by atoms with E-state index in [9.17, 15) is 22.8 Å². The second-order valence-corrected chi connectivity index (χ2v) is 11.8. The third kappa shape index (κ3) is 7.00. The number of carbonyl (C=O) groups excluding carboxylic acids is 3. The summed E-state index contributed by atoms with van der Waals surface area (Å²) in [6, 6.07) is 24.2. The third-order valence-electron chi connectivity index (χ3n) is 7.00. The van der Waals surface area contributed by atoms with Gasteiger partial charge in [0.1, 0.15) is 22.8 Å². The molecule has 1 saturated heterocycles. The van der Waals surface area contributed by atoms with Gasteiger partial charge in [0.05, 0.1) is 12.8 Å². The molecule has 0 unspecified atom stereocenters. The highest BCUT2D eigenvalue weighted by Gasteiger charge is 2.37. The van der Waals surface area contributed by atoms with E-state index in [0.717, 1.165) is 16.0 Å². The first kappa shape index (κ1) is 31.7. The lowest BCUT2D eigenvalue weighted by Crippen LogP contribution is -2.54. The number of ether oxygens (including phenoxy) is 2. The van der Waals surface area contributed by atoms with Crippen molar-refractivity contribution < 1.29 is 36.5 Å². The molecule has 0 aliphatic carbocycles. The Morgan fingerprint density at radius 1 is 0.913 bits per heavy atom. The highest BCUT2D eigenvalue weighted by Crippen LogP contribution is 2.37. The number of imide groups is 2. The van der Waals surface area contributed by atoms with E-state index in [1.807, 2.05) is 37.3 Å². The zero-order valence-electron chi connectivity index (χ0n) is 25.1. The number of nitrogens with zero attached hydrogens (tertiary/aromatic N) is 1. The fourth-order valence-electron chi connectivity index (χ4n) is 4.67. The van der Waals surface area contributed by atoms with Gasteiger partial charge in [-0.05, 0) is 79.1 Å². The maximum atomic E-state index is 13.5. The molecule has 0 spiro atoms. The zero-order valence-corrected chi connectivity index (χ0v) is 25.9. The first-order chi connectivity index (χ1) is 22.1. The summed E-state index contributed by atoms with van der Waals surface area (Å²) < 4.78 is 43.0. The van der Waals surface area contributed by atoms with Gasteiger partial charge in [-0.25, -0.2) is 9.69 Å².